The van der Waals surface area contributed by atoms with E-state index in [-0.39, 0.29) is 11.7 Å². The van der Waals surface area contributed by atoms with Crippen molar-refractivity contribution in [3.8, 4) is 5.75 Å². The third-order valence-corrected chi connectivity index (χ3v) is 2.64. The molecule has 0 spiro atoms. The highest BCUT2D eigenvalue weighted by Gasteiger charge is 2.13. The normalized spacial score (nSPS) is 10.7. The predicted molar refractivity (Wildman–Crippen MR) is 65.4 cm³/mol. The molecule has 0 aliphatic heterocycles. The highest BCUT2D eigenvalue weighted by atomic mass is 16.3. The van der Waals surface area contributed by atoms with E-state index in [2.05, 4.69) is 10.3 Å². The molecule has 0 saturated heterocycles. The van der Waals surface area contributed by atoms with E-state index in [4.69, 9.17) is 0 Å². The van der Waals surface area contributed by atoms with Crippen LogP contribution in [0.5, 0.6) is 5.75 Å². The van der Waals surface area contributed by atoms with Crippen LogP contribution in [0.3, 0.4) is 0 Å². The van der Waals surface area contributed by atoms with Crippen LogP contribution in [0.1, 0.15) is 10.4 Å². The monoisotopic (exact) mass is 239 g/mol. The fourth-order valence-corrected chi connectivity index (χ4v) is 1.78. The Kier molecular flexibility index (Phi) is 2.30. The van der Waals surface area contributed by atoms with Crippen molar-refractivity contribution in [3.05, 3.63) is 54.1 Å². The zero-order valence-electron chi connectivity index (χ0n) is 9.32. The molecule has 2 aromatic carbocycles. The molecule has 0 amide bonds. The number of carbonyl (C=O) groups excluding carboxylic acids is 1. The molecule has 3 rings (SSSR count). The Bertz CT molecular complexity index is 734. The average molecular weight is 239 g/mol. The minimum atomic E-state index is -0.320. The van der Waals surface area contributed by atoms with Crippen LogP contribution in [0, 0.1) is 0 Å². The first-order valence-corrected chi connectivity index (χ1v) is 5.40. The Morgan fingerprint density at radius 1 is 1.11 bits per heavy atom. The molecule has 5 heteroatoms. The SMILES string of the molecule is O=C(c1cccc(O)c1)n1nnc2ccccc21. The van der Waals surface area contributed by atoms with Gasteiger partial charge in [0, 0.05) is 5.56 Å². The first kappa shape index (κ1) is 10.5. The summed E-state index contributed by atoms with van der Waals surface area (Å²) in [6, 6.07) is 13.4. The number of benzene rings is 2. The molecule has 1 N–H and O–H groups in total. The fourth-order valence-electron chi connectivity index (χ4n) is 1.78. The molecule has 0 aliphatic carbocycles. The summed E-state index contributed by atoms with van der Waals surface area (Å²) in [7, 11) is 0. The van der Waals surface area contributed by atoms with Crippen molar-refractivity contribution >= 4 is 16.9 Å². The van der Waals surface area contributed by atoms with E-state index in [1.165, 1.54) is 16.8 Å². The summed E-state index contributed by atoms with van der Waals surface area (Å²) in [5.74, 6) is -0.273. The summed E-state index contributed by atoms with van der Waals surface area (Å²) in [5.41, 5.74) is 1.67. The van der Waals surface area contributed by atoms with Crippen molar-refractivity contribution in [1.29, 1.82) is 0 Å². The second-order valence-electron chi connectivity index (χ2n) is 3.85. The van der Waals surface area contributed by atoms with Gasteiger partial charge in [-0.2, -0.15) is 4.68 Å². The van der Waals surface area contributed by atoms with Crippen molar-refractivity contribution in [1.82, 2.24) is 15.0 Å². The van der Waals surface area contributed by atoms with Crippen LogP contribution < -0.4 is 0 Å². The maximum atomic E-state index is 12.2. The van der Waals surface area contributed by atoms with E-state index < -0.39 is 0 Å². The van der Waals surface area contributed by atoms with Gasteiger partial charge in [0.25, 0.3) is 5.91 Å². The number of phenolic OH excluding ortho intramolecular Hbond substituents is 1. The number of nitrogens with zero attached hydrogens (tertiary/aromatic N) is 3. The highest BCUT2D eigenvalue weighted by molar-refractivity contribution is 6.00. The van der Waals surface area contributed by atoms with Crippen LogP contribution >= 0.6 is 0 Å². The molecule has 0 bridgehead atoms. The van der Waals surface area contributed by atoms with E-state index in [1.807, 2.05) is 12.1 Å². The molecule has 0 saturated carbocycles. The third-order valence-electron chi connectivity index (χ3n) is 2.64. The van der Waals surface area contributed by atoms with Crippen LogP contribution in [-0.2, 0) is 0 Å². The summed E-state index contributed by atoms with van der Waals surface area (Å²) >= 11 is 0. The van der Waals surface area contributed by atoms with E-state index in [0.717, 1.165) is 0 Å². The summed E-state index contributed by atoms with van der Waals surface area (Å²) in [6.07, 6.45) is 0. The molecule has 1 aromatic heterocycles. The first-order valence-electron chi connectivity index (χ1n) is 5.40. The molecule has 18 heavy (non-hydrogen) atoms. The largest absolute Gasteiger partial charge is 0.508 e. The van der Waals surface area contributed by atoms with Crippen molar-refractivity contribution in [2.45, 2.75) is 0 Å². The molecular weight excluding hydrogens is 230 g/mol. The Labute approximate surface area is 102 Å². The molecule has 0 unspecified atom stereocenters. The number of fused-ring (bicyclic) bond motifs is 1. The topological polar surface area (TPSA) is 68.0 Å². The summed E-state index contributed by atoms with van der Waals surface area (Å²) in [5, 5.41) is 17.1. The van der Waals surface area contributed by atoms with Gasteiger partial charge < -0.3 is 5.11 Å². The van der Waals surface area contributed by atoms with Crippen molar-refractivity contribution in [3.63, 3.8) is 0 Å². The predicted octanol–water partition coefficient (Wildman–Crippen LogP) is 1.83. The molecule has 5 nitrogen and oxygen atoms in total. The van der Waals surface area contributed by atoms with Gasteiger partial charge >= 0.3 is 0 Å². The molecule has 0 atom stereocenters. The van der Waals surface area contributed by atoms with Gasteiger partial charge in [0.15, 0.2) is 0 Å². The third kappa shape index (κ3) is 1.62. The minimum absolute atomic E-state index is 0.0465. The van der Waals surface area contributed by atoms with Crippen molar-refractivity contribution < 1.29 is 9.90 Å². The number of hydrogen-bond acceptors (Lipinski definition) is 4. The molecular formula is C13H9N3O2. The van der Waals surface area contributed by atoms with E-state index in [9.17, 15) is 9.90 Å². The second-order valence-corrected chi connectivity index (χ2v) is 3.85. The molecule has 1 heterocycles. The maximum Gasteiger partial charge on any atom is 0.280 e. The van der Waals surface area contributed by atoms with Gasteiger partial charge in [-0.05, 0) is 30.3 Å². The summed E-state index contributed by atoms with van der Waals surface area (Å²) in [4.78, 5) is 12.2. The van der Waals surface area contributed by atoms with E-state index in [0.29, 0.717) is 16.6 Å². The fraction of sp³-hybridized carbons (Fsp3) is 0. The molecule has 88 valence electrons. The van der Waals surface area contributed by atoms with Gasteiger partial charge in [-0.3, -0.25) is 4.79 Å². The molecule has 0 radical (unpaired) electrons. The molecule has 3 aromatic rings. The van der Waals surface area contributed by atoms with Gasteiger partial charge in [0.1, 0.15) is 11.3 Å². The number of aromatic nitrogens is 3. The smallest absolute Gasteiger partial charge is 0.280 e. The van der Waals surface area contributed by atoms with Gasteiger partial charge in [0.2, 0.25) is 0 Å². The van der Waals surface area contributed by atoms with E-state index >= 15 is 0 Å². The van der Waals surface area contributed by atoms with E-state index in [1.54, 1.807) is 24.3 Å². The lowest BCUT2D eigenvalue weighted by atomic mass is 10.2. The zero-order valence-corrected chi connectivity index (χ0v) is 9.32. The first-order chi connectivity index (χ1) is 8.75. The van der Waals surface area contributed by atoms with Crippen LogP contribution in [-0.4, -0.2) is 26.0 Å². The number of rotatable bonds is 1. The molecule has 0 aliphatic rings. The van der Waals surface area contributed by atoms with Crippen LogP contribution in [0.2, 0.25) is 0 Å². The average Bonchev–Trinajstić information content (AvgIpc) is 2.82. The lowest BCUT2D eigenvalue weighted by molar-refractivity contribution is 0.0947. The van der Waals surface area contributed by atoms with Crippen LogP contribution in [0.4, 0.5) is 0 Å². The highest BCUT2D eigenvalue weighted by Crippen LogP contribution is 2.15. The molecule has 0 fully saturated rings. The number of hydrogen-bond donors (Lipinski definition) is 1. The van der Waals surface area contributed by atoms with Crippen molar-refractivity contribution in [2.24, 2.45) is 0 Å². The quantitative estimate of drug-likeness (QED) is 0.703. The van der Waals surface area contributed by atoms with Gasteiger partial charge in [-0.1, -0.05) is 23.4 Å². The van der Waals surface area contributed by atoms with Crippen LogP contribution in [0.15, 0.2) is 48.5 Å². The van der Waals surface area contributed by atoms with Gasteiger partial charge in [-0.15, -0.1) is 5.10 Å². The number of carbonyl (C=O) groups is 1. The number of aromatic hydroxyl groups is 1. The lowest BCUT2D eigenvalue weighted by Crippen LogP contribution is -2.13. The number of phenols is 1. The second kappa shape index (κ2) is 3.96. The standard InChI is InChI=1S/C13H9N3O2/c17-10-5-3-4-9(8-10)13(18)16-12-7-2-1-6-11(12)14-15-16/h1-8,17H. The Balaban J connectivity index is 2.12. The van der Waals surface area contributed by atoms with Crippen LogP contribution in [0.25, 0.3) is 11.0 Å². The minimum Gasteiger partial charge on any atom is -0.508 e. The summed E-state index contributed by atoms with van der Waals surface area (Å²) < 4.78 is 1.23. The zero-order chi connectivity index (χ0) is 12.5. The Hall–Kier alpha value is -2.69. The Morgan fingerprint density at radius 2 is 1.94 bits per heavy atom. The number of para-hydroxylation sites is 1. The summed E-state index contributed by atoms with van der Waals surface area (Å²) in [6.45, 7) is 0. The maximum absolute atomic E-state index is 12.2. The Morgan fingerprint density at radius 3 is 2.78 bits per heavy atom. The van der Waals surface area contributed by atoms with Gasteiger partial charge in [-0.25, -0.2) is 0 Å². The lowest BCUT2D eigenvalue weighted by Gasteiger charge is -2.01. The van der Waals surface area contributed by atoms with Gasteiger partial charge in [0.05, 0.1) is 5.52 Å². The van der Waals surface area contributed by atoms with Crippen molar-refractivity contribution in [2.75, 3.05) is 0 Å².